The number of hydrogen-bond donors (Lipinski definition) is 0. The predicted molar refractivity (Wildman–Crippen MR) is 50.2 cm³/mol. The lowest BCUT2D eigenvalue weighted by molar-refractivity contribution is 0.373. The van der Waals surface area contributed by atoms with E-state index in [-0.39, 0.29) is 0 Å². The van der Waals surface area contributed by atoms with Crippen LogP contribution in [0.2, 0.25) is 0 Å². The average Bonchev–Trinajstić information content (AvgIpc) is 1.98. The van der Waals surface area contributed by atoms with Gasteiger partial charge in [0.05, 0.1) is 0 Å². The molecule has 0 aliphatic heterocycles. The van der Waals surface area contributed by atoms with Gasteiger partial charge in [-0.1, -0.05) is 26.2 Å². The van der Waals surface area contributed by atoms with E-state index in [0.717, 1.165) is 0 Å². The molecule has 0 N–H and O–H groups in total. The van der Waals surface area contributed by atoms with Crippen LogP contribution >= 0.6 is 0 Å². The van der Waals surface area contributed by atoms with Gasteiger partial charge >= 0.3 is 0 Å². The summed E-state index contributed by atoms with van der Waals surface area (Å²) >= 11 is 0. The number of unbranched alkanes of at least 4 members (excludes halogenated alkanes) is 3. The van der Waals surface area contributed by atoms with Gasteiger partial charge < -0.3 is 4.90 Å². The molecule has 0 radical (unpaired) electrons. The van der Waals surface area contributed by atoms with Crippen molar-refractivity contribution in [2.45, 2.75) is 32.6 Å². The number of nitrogens with zero attached hydrogens (tertiary/aromatic N) is 1. The number of rotatable bonds is 6. The first-order valence-corrected chi connectivity index (χ1v) is 4.49. The third-order valence-corrected chi connectivity index (χ3v) is 1.93. The summed E-state index contributed by atoms with van der Waals surface area (Å²) in [5.41, 5.74) is 0. The molecule has 0 amide bonds. The summed E-state index contributed by atoms with van der Waals surface area (Å²) in [5.74, 6) is 0. The lowest BCUT2D eigenvalue weighted by Crippen LogP contribution is -2.20. The van der Waals surface area contributed by atoms with Gasteiger partial charge in [-0.25, -0.2) is 0 Å². The van der Waals surface area contributed by atoms with Crippen LogP contribution in [0, 0.1) is 0 Å². The van der Waals surface area contributed by atoms with Crippen LogP contribution in [-0.2, 0) is 0 Å². The fraction of sp³-hybridized carbons (Fsp3) is 1.00. The zero-order valence-corrected chi connectivity index (χ0v) is 7.69. The van der Waals surface area contributed by atoms with E-state index in [1.54, 1.807) is 0 Å². The van der Waals surface area contributed by atoms with Crippen molar-refractivity contribution >= 4 is 7.85 Å². The van der Waals surface area contributed by atoms with Gasteiger partial charge in [-0.15, -0.1) is 0 Å². The highest BCUT2D eigenvalue weighted by Crippen LogP contribution is 1.98. The molecule has 0 aromatic carbocycles. The third kappa shape index (κ3) is 6.15. The van der Waals surface area contributed by atoms with Crippen LogP contribution in [0.3, 0.4) is 0 Å². The first kappa shape index (κ1) is 10.0. The molecule has 0 aliphatic rings. The molecule has 0 heterocycles. The van der Waals surface area contributed by atoms with Crippen LogP contribution in [0.5, 0.6) is 0 Å². The second-order valence-electron chi connectivity index (χ2n) is 2.96. The summed E-state index contributed by atoms with van der Waals surface area (Å²) in [5, 5.41) is 0. The summed E-state index contributed by atoms with van der Waals surface area (Å²) < 4.78 is 0. The Morgan fingerprint density at radius 2 is 1.90 bits per heavy atom. The van der Waals surface area contributed by atoms with Crippen molar-refractivity contribution < 1.29 is 0 Å². The molecule has 10 heavy (non-hydrogen) atoms. The zero-order chi connectivity index (χ0) is 7.82. The SMILES string of the molecule is BCN(C)CCCCCC. The van der Waals surface area contributed by atoms with Gasteiger partial charge in [-0.3, -0.25) is 0 Å². The van der Waals surface area contributed by atoms with Crippen LogP contribution in [-0.4, -0.2) is 32.8 Å². The highest BCUT2D eigenvalue weighted by atomic mass is 15.1. The van der Waals surface area contributed by atoms with Crippen molar-refractivity contribution in [1.82, 2.24) is 4.90 Å². The molecular weight excluding hydrogens is 121 g/mol. The first-order valence-electron chi connectivity index (χ1n) is 4.49. The Morgan fingerprint density at radius 1 is 1.20 bits per heavy atom. The van der Waals surface area contributed by atoms with E-state index in [1.807, 2.05) is 0 Å². The molecule has 0 rings (SSSR count). The van der Waals surface area contributed by atoms with Crippen molar-refractivity contribution in [3.05, 3.63) is 0 Å². The Labute approximate surface area is 66.2 Å². The van der Waals surface area contributed by atoms with E-state index in [1.165, 1.54) is 38.7 Å². The van der Waals surface area contributed by atoms with Gasteiger partial charge in [0.2, 0.25) is 0 Å². The third-order valence-electron chi connectivity index (χ3n) is 1.93. The minimum Gasteiger partial charge on any atom is -0.314 e. The van der Waals surface area contributed by atoms with E-state index in [0.29, 0.717) is 0 Å². The summed E-state index contributed by atoms with van der Waals surface area (Å²) in [6.07, 6.45) is 6.71. The van der Waals surface area contributed by atoms with Crippen molar-refractivity contribution in [3.63, 3.8) is 0 Å². The van der Waals surface area contributed by atoms with Crippen molar-refractivity contribution in [2.24, 2.45) is 0 Å². The van der Waals surface area contributed by atoms with Gasteiger partial charge in [-0.2, -0.15) is 0 Å². The smallest absolute Gasteiger partial charge is 0.119 e. The maximum atomic E-state index is 2.37. The minimum atomic E-state index is 1.19. The van der Waals surface area contributed by atoms with Gasteiger partial charge in [0.1, 0.15) is 7.85 Å². The maximum absolute atomic E-state index is 2.37. The van der Waals surface area contributed by atoms with Crippen LogP contribution in [0.15, 0.2) is 0 Å². The fourth-order valence-electron chi connectivity index (χ4n) is 0.967. The predicted octanol–water partition coefficient (Wildman–Crippen LogP) is 1.09. The molecule has 0 atom stereocenters. The van der Waals surface area contributed by atoms with E-state index in [2.05, 4.69) is 26.7 Å². The lowest BCUT2D eigenvalue weighted by Gasteiger charge is -2.12. The minimum absolute atomic E-state index is 1.19. The Kier molecular flexibility index (Phi) is 7.15. The number of hydrogen-bond acceptors (Lipinski definition) is 1. The second-order valence-corrected chi connectivity index (χ2v) is 2.96. The molecule has 0 aromatic rings. The van der Waals surface area contributed by atoms with E-state index < -0.39 is 0 Å². The highest BCUT2D eigenvalue weighted by Gasteiger charge is 1.92. The standard InChI is InChI=1S/C8H20BN/c1-3-4-5-6-7-10(2)8-9/h3-9H2,1-2H3. The second kappa shape index (κ2) is 7.14. The molecule has 0 saturated carbocycles. The van der Waals surface area contributed by atoms with Crippen LogP contribution in [0.1, 0.15) is 32.6 Å². The highest BCUT2D eigenvalue weighted by molar-refractivity contribution is 6.08. The first-order chi connectivity index (χ1) is 4.81. The van der Waals surface area contributed by atoms with Crippen LogP contribution in [0.25, 0.3) is 0 Å². The van der Waals surface area contributed by atoms with Crippen molar-refractivity contribution in [3.8, 4) is 0 Å². The van der Waals surface area contributed by atoms with Gasteiger partial charge in [-0.05, 0) is 26.5 Å². The molecule has 0 aliphatic carbocycles. The molecule has 0 spiro atoms. The largest absolute Gasteiger partial charge is 0.314 e. The van der Waals surface area contributed by atoms with Crippen molar-refractivity contribution in [1.29, 1.82) is 0 Å². The topological polar surface area (TPSA) is 3.24 Å². The normalized spacial score (nSPS) is 10.7. The lowest BCUT2D eigenvalue weighted by atomic mass is 10.1. The Morgan fingerprint density at radius 3 is 2.40 bits per heavy atom. The molecule has 2 heteroatoms. The molecular formula is C8H20BN. The monoisotopic (exact) mass is 141 g/mol. The average molecular weight is 141 g/mol. The molecule has 0 bridgehead atoms. The Balaban J connectivity index is 2.89. The van der Waals surface area contributed by atoms with Gasteiger partial charge in [0, 0.05) is 0 Å². The molecule has 60 valence electrons. The summed E-state index contributed by atoms with van der Waals surface area (Å²) in [6, 6.07) is 0. The fourth-order valence-corrected chi connectivity index (χ4v) is 0.967. The van der Waals surface area contributed by atoms with E-state index in [9.17, 15) is 0 Å². The summed E-state index contributed by atoms with van der Waals surface area (Å²) in [4.78, 5) is 2.37. The molecule has 0 aromatic heterocycles. The van der Waals surface area contributed by atoms with Gasteiger partial charge in [0.25, 0.3) is 0 Å². The summed E-state index contributed by atoms with van der Waals surface area (Å²) in [6.45, 7) is 3.53. The quantitative estimate of drug-likeness (QED) is 0.395. The zero-order valence-electron chi connectivity index (χ0n) is 7.69. The maximum Gasteiger partial charge on any atom is 0.119 e. The molecule has 0 saturated heterocycles. The Hall–Kier alpha value is 0.0249. The van der Waals surface area contributed by atoms with Crippen LogP contribution in [0.4, 0.5) is 0 Å². The summed E-state index contributed by atoms with van der Waals surface area (Å²) in [7, 11) is 4.39. The molecule has 0 fully saturated rings. The van der Waals surface area contributed by atoms with E-state index >= 15 is 0 Å². The molecule has 1 nitrogen and oxygen atoms in total. The molecule has 0 unspecified atom stereocenters. The van der Waals surface area contributed by atoms with Crippen molar-refractivity contribution in [2.75, 3.05) is 20.0 Å². The Bertz CT molecular complexity index is 66.3. The van der Waals surface area contributed by atoms with E-state index in [4.69, 9.17) is 0 Å². The van der Waals surface area contributed by atoms with Gasteiger partial charge in [0.15, 0.2) is 0 Å². The van der Waals surface area contributed by atoms with Crippen LogP contribution < -0.4 is 0 Å².